The van der Waals surface area contributed by atoms with Gasteiger partial charge in [-0.15, -0.1) is 0 Å². The number of amides is 3. The van der Waals surface area contributed by atoms with Crippen LogP contribution in [0.5, 0.6) is 17.2 Å². The molecule has 0 saturated carbocycles. The molecule has 0 spiro atoms. The van der Waals surface area contributed by atoms with Gasteiger partial charge in [-0.3, -0.25) is 4.79 Å². The molecule has 0 aliphatic carbocycles. The average molecular weight is 440 g/mol. The van der Waals surface area contributed by atoms with Crippen LogP contribution < -0.4 is 24.4 Å². The molecule has 4 rings (SSSR count). The van der Waals surface area contributed by atoms with Crippen LogP contribution in [-0.4, -0.2) is 57.3 Å². The van der Waals surface area contributed by atoms with Crippen LogP contribution in [0, 0.1) is 0 Å². The third kappa shape index (κ3) is 4.04. The summed E-state index contributed by atoms with van der Waals surface area (Å²) in [7, 11) is 4.82. The Morgan fingerprint density at radius 1 is 1.06 bits per heavy atom. The minimum atomic E-state index is -0.250. The number of fused-ring (bicyclic) bond motifs is 1. The zero-order chi connectivity index (χ0) is 22.8. The first kappa shape index (κ1) is 21.8. The van der Waals surface area contributed by atoms with E-state index in [-0.39, 0.29) is 30.4 Å². The molecule has 8 heteroatoms. The number of anilines is 1. The van der Waals surface area contributed by atoms with E-state index in [0.29, 0.717) is 30.3 Å². The van der Waals surface area contributed by atoms with Gasteiger partial charge in [0.2, 0.25) is 5.91 Å². The zero-order valence-corrected chi connectivity index (χ0v) is 18.9. The molecule has 0 aromatic heterocycles. The van der Waals surface area contributed by atoms with E-state index in [4.69, 9.17) is 14.2 Å². The summed E-state index contributed by atoms with van der Waals surface area (Å²) in [5.74, 6) is 2.02. The molecule has 2 aliphatic heterocycles. The van der Waals surface area contributed by atoms with Gasteiger partial charge in [-0.05, 0) is 48.7 Å². The molecule has 1 saturated heterocycles. The van der Waals surface area contributed by atoms with E-state index >= 15 is 0 Å². The summed E-state index contributed by atoms with van der Waals surface area (Å²) in [4.78, 5) is 29.2. The maximum Gasteiger partial charge on any atom is 0.318 e. The normalized spacial score (nSPS) is 20.1. The van der Waals surface area contributed by atoms with Crippen LogP contribution in [-0.2, 0) is 11.2 Å². The summed E-state index contributed by atoms with van der Waals surface area (Å²) in [5.41, 5.74) is 2.97. The van der Waals surface area contributed by atoms with Gasteiger partial charge in [-0.25, -0.2) is 4.79 Å². The maximum atomic E-state index is 13.1. The molecule has 1 fully saturated rings. The molecule has 1 N–H and O–H groups in total. The van der Waals surface area contributed by atoms with Crippen molar-refractivity contribution >= 4 is 17.6 Å². The Labute approximate surface area is 188 Å². The van der Waals surface area contributed by atoms with Crippen molar-refractivity contribution < 1.29 is 23.8 Å². The minimum Gasteiger partial charge on any atom is -0.497 e. The van der Waals surface area contributed by atoms with Gasteiger partial charge in [-0.2, -0.15) is 0 Å². The molecule has 32 heavy (non-hydrogen) atoms. The van der Waals surface area contributed by atoms with Gasteiger partial charge in [0.05, 0.1) is 33.4 Å². The van der Waals surface area contributed by atoms with Gasteiger partial charge in [0.15, 0.2) is 11.5 Å². The van der Waals surface area contributed by atoms with Crippen molar-refractivity contribution in [3.63, 3.8) is 0 Å². The first-order valence-electron chi connectivity index (χ1n) is 10.7. The number of nitrogens with one attached hydrogen (secondary N) is 1. The number of carbonyl (C=O) groups is 2. The maximum absolute atomic E-state index is 13.1. The molecular formula is C24H29N3O5. The highest BCUT2D eigenvalue weighted by Gasteiger charge is 2.35. The number of hydrogen-bond donors (Lipinski definition) is 1. The van der Waals surface area contributed by atoms with Crippen LogP contribution >= 0.6 is 0 Å². The number of rotatable bonds is 5. The van der Waals surface area contributed by atoms with Crippen LogP contribution in [0.25, 0.3) is 0 Å². The van der Waals surface area contributed by atoms with E-state index in [0.717, 1.165) is 23.2 Å². The average Bonchev–Trinajstić information content (AvgIpc) is 3.18. The summed E-state index contributed by atoms with van der Waals surface area (Å²) < 4.78 is 16.1. The van der Waals surface area contributed by atoms with Crippen LogP contribution in [0.4, 0.5) is 10.5 Å². The first-order valence-corrected chi connectivity index (χ1v) is 10.7. The molecule has 2 atom stereocenters. The summed E-state index contributed by atoms with van der Waals surface area (Å²) in [5, 5.41) is 3.06. The van der Waals surface area contributed by atoms with Crippen molar-refractivity contribution in [2.45, 2.75) is 31.8 Å². The zero-order valence-electron chi connectivity index (χ0n) is 18.9. The molecule has 0 bridgehead atoms. The molecule has 2 aliphatic rings. The molecule has 0 unspecified atom stereocenters. The van der Waals surface area contributed by atoms with Crippen molar-refractivity contribution in [1.29, 1.82) is 0 Å². The third-order valence-corrected chi connectivity index (χ3v) is 6.26. The quantitative estimate of drug-likeness (QED) is 0.774. The van der Waals surface area contributed by atoms with E-state index in [1.807, 2.05) is 48.2 Å². The van der Waals surface area contributed by atoms with Crippen molar-refractivity contribution in [2.24, 2.45) is 0 Å². The molecule has 2 aromatic carbocycles. The summed E-state index contributed by atoms with van der Waals surface area (Å²) in [6.07, 6.45) is 1.000. The number of carbonyl (C=O) groups excluding carboxylic acids is 2. The highest BCUT2D eigenvalue weighted by atomic mass is 16.5. The Balaban J connectivity index is 1.45. The van der Waals surface area contributed by atoms with E-state index in [2.05, 4.69) is 5.32 Å². The highest BCUT2D eigenvalue weighted by molar-refractivity contribution is 5.97. The predicted octanol–water partition coefficient (Wildman–Crippen LogP) is 3.15. The van der Waals surface area contributed by atoms with Crippen LogP contribution in [0.15, 0.2) is 36.4 Å². The lowest BCUT2D eigenvalue weighted by molar-refractivity contribution is -0.117. The fourth-order valence-electron chi connectivity index (χ4n) is 4.51. The molecule has 170 valence electrons. The first-order chi connectivity index (χ1) is 15.4. The summed E-state index contributed by atoms with van der Waals surface area (Å²) >= 11 is 0. The second-order valence-corrected chi connectivity index (χ2v) is 8.08. The Bertz CT molecular complexity index is 1020. The van der Waals surface area contributed by atoms with E-state index in [1.54, 1.807) is 26.2 Å². The highest BCUT2D eigenvalue weighted by Crippen LogP contribution is 2.38. The topological polar surface area (TPSA) is 80.3 Å². The lowest BCUT2D eigenvalue weighted by Crippen LogP contribution is -2.48. The predicted molar refractivity (Wildman–Crippen MR) is 121 cm³/mol. The fourth-order valence-corrected chi connectivity index (χ4v) is 4.51. The monoisotopic (exact) mass is 439 g/mol. The van der Waals surface area contributed by atoms with Crippen molar-refractivity contribution in [3.05, 3.63) is 47.5 Å². The third-order valence-electron chi connectivity index (χ3n) is 6.26. The molecule has 2 aromatic rings. The fraction of sp³-hybridized carbons (Fsp3) is 0.417. The molecular weight excluding hydrogens is 410 g/mol. The molecule has 0 radical (unpaired) electrons. The van der Waals surface area contributed by atoms with Gasteiger partial charge < -0.3 is 29.3 Å². The minimum absolute atomic E-state index is 0.0163. The van der Waals surface area contributed by atoms with Crippen molar-refractivity contribution in [2.75, 3.05) is 39.3 Å². The standard InChI is InChI=1S/C24H29N3O5/c1-15-20-13-22(32-4)21(31-3)10-16(20)8-9-26(15)24(29)25-17-11-23(28)27(14-17)18-6-5-7-19(12-18)30-2/h5-7,10,12-13,15,17H,8-9,11,14H2,1-4H3,(H,25,29)/t15-,17+/m1/s1. The Morgan fingerprint density at radius 2 is 1.81 bits per heavy atom. The van der Waals surface area contributed by atoms with Crippen LogP contribution in [0.1, 0.15) is 30.5 Å². The molecule has 8 nitrogen and oxygen atoms in total. The second kappa shape index (κ2) is 8.98. The second-order valence-electron chi connectivity index (χ2n) is 8.08. The smallest absolute Gasteiger partial charge is 0.318 e. The van der Waals surface area contributed by atoms with Gasteiger partial charge in [0, 0.05) is 31.3 Å². The van der Waals surface area contributed by atoms with E-state index in [1.165, 1.54) is 0 Å². The van der Waals surface area contributed by atoms with Crippen molar-refractivity contribution in [1.82, 2.24) is 10.2 Å². The number of urea groups is 1. The number of hydrogen-bond acceptors (Lipinski definition) is 5. The van der Waals surface area contributed by atoms with E-state index < -0.39 is 0 Å². The van der Waals surface area contributed by atoms with Gasteiger partial charge in [0.25, 0.3) is 0 Å². The van der Waals surface area contributed by atoms with Gasteiger partial charge in [-0.1, -0.05) is 6.07 Å². The Kier molecular flexibility index (Phi) is 6.12. The molecule has 2 heterocycles. The number of nitrogens with zero attached hydrogens (tertiary/aromatic N) is 2. The Hall–Kier alpha value is -3.42. The summed E-state index contributed by atoms with van der Waals surface area (Å²) in [6.45, 7) is 3.03. The lowest BCUT2D eigenvalue weighted by Gasteiger charge is -2.36. The van der Waals surface area contributed by atoms with Crippen molar-refractivity contribution in [3.8, 4) is 17.2 Å². The number of benzene rings is 2. The van der Waals surface area contributed by atoms with E-state index in [9.17, 15) is 9.59 Å². The summed E-state index contributed by atoms with van der Waals surface area (Å²) in [6, 6.07) is 10.8. The number of methoxy groups -OCH3 is 3. The van der Waals surface area contributed by atoms with Crippen LogP contribution in [0.2, 0.25) is 0 Å². The largest absolute Gasteiger partial charge is 0.497 e. The lowest BCUT2D eigenvalue weighted by atomic mass is 9.93. The van der Waals surface area contributed by atoms with Gasteiger partial charge in [0.1, 0.15) is 5.75 Å². The Morgan fingerprint density at radius 3 is 2.53 bits per heavy atom. The van der Waals surface area contributed by atoms with Gasteiger partial charge >= 0.3 is 6.03 Å². The SMILES string of the molecule is COc1cccc(N2C[C@@H](NC(=O)N3CCc4cc(OC)c(OC)cc4[C@H]3C)CC2=O)c1. The number of ether oxygens (including phenoxy) is 3. The van der Waals surface area contributed by atoms with Crippen LogP contribution in [0.3, 0.4) is 0 Å². The molecule has 3 amide bonds.